The van der Waals surface area contributed by atoms with Crippen LogP contribution in [0.3, 0.4) is 0 Å². The molecule has 2 fully saturated rings. The predicted molar refractivity (Wildman–Crippen MR) is 87.5 cm³/mol. The van der Waals surface area contributed by atoms with Gasteiger partial charge in [-0.05, 0) is 12.8 Å². The van der Waals surface area contributed by atoms with Crippen molar-refractivity contribution < 1.29 is 0 Å². The maximum atomic E-state index is 5.70. The number of hydrazine groups is 1. The summed E-state index contributed by atoms with van der Waals surface area (Å²) < 4.78 is 0. The van der Waals surface area contributed by atoms with E-state index in [9.17, 15) is 0 Å². The van der Waals surface area contributed by atoms with Crippen LogP contribution in [-0.4, -0.2) is 48.1 Å². The van der Waals surface area contributed by atoms with Gasteiger partial charge in [0.1, 0.15) is 0 Å². The minimum Gasteiger partial charge on any atom is -0.345 e. The van der Waals surface area contributed by atoms with E-state index in [1.54, 1.807) is 11.3 Å². The number of nitrogens with two attached hydrogens (primary N) is 1. The first-order valence-electron chi connectivity index (χ1n) is 7.80. The number of guanidine groups is 1. The van der Waals surface area contributed by atoms with Crippen LogP contribution in [0.15, 0.2) is 16.6 Å². The summed E-state index contributed by atoms with van der Waals surface area (Å²) in [7, 11) is 0. The van der Waals surface area contributed by atoms with Crippen molar-refractivity contribution in [1.29, 1.82) is 0 Å². The second kappa shape index (κ2) is 7.09. The molecule has 2 aliphatic rings. The summed E-state index contributed by atoms with van der Waals surface area (Å²) in [6, 6.07) is 0.446. The average Bonchev–Trinajstić information content (AvgIpc) is 3.08. The Hall–Kier alpha value is -1.34. The summed E-state index contributed by atoms with van der Waals surface area (Å²) in [6.07, 6.45) is 8.20. The highest BCUT2D eigenvalue weighted by Crippen LogP contribution is 2.21. The van der Waals surface area contributed by atoms with Gasteiger partial charge >= 0.3 is 0 Å². The monoisotopic (exact) mass is 308 g/mol. The molecular formula is C14H24N6S. The molecule has 0 bridgehead atoms. The van der Waals surface area contributed by atoms with Crippen molar-refractivity contribution in [3.05, 3.63) is 11.6 Å². The Labute approximate surface area is 130 Å². The van der Waals surface area contributed by atoms with Gasteiger partial charge in [-0.3, -0.25) is 5.43 Å². The molecule has 3 N–H and O–H groups in total. The minimum absolute atomic E-state index is 0.446. The summed E-state index contributed by atoms with van der Waals surface area (Å²) in [4.78, 5) is 13.8. The number of rotatable bonds is 2. The van der Waals surface area contributed by atoms with Gasteiger partial charge in [0.15, 0.2) is 5.13 Å². The molecule has 0 atom stereocenters. The van der Waals surface area contributed by atoms with Crippen molar-refractivity contribution in [3.63, 3.8) is 0 Å². The second-order valence-electron chi connectivity index (χ2n) is 5.68. The second-order valence-corrected chi connectivity index (χ2v) is 6.55. The molecule has 1 saturated carbocycles. The molecule has 1 aromatic heterocycles. The van der Waals surface area contributed by atoms with Crippen LogP contribution in [-0.2, 0) is 0 Å². The molecule has 1 saturated heterocycles. The van der Waals surface area contributed by atoms with Gasteiger partial charge in [0, 0.05) is 37.8 Å². The Kier molecular flexibility index (Phi) is 4.92. The third-order valence-electron chi connectivity index (χ3n) is 4.28. The van der Waals surface area contributed by atoms with Gasteiger partial charge < -0.3 is 9.80 Å². The Morgan fingerprint density at radius 2 is 2.00 bits per heavy atom. The normalized spacial score (nSPS) is 21.7. The lowest BCUT2D eigenvalue weighted by molar-refractivity contribution is 0.364. The zero-order valence-corrected chi connectivity index (χ0v) is 13.2. The number of nitrogens with zero attached hydrogens (tertiary/aromatic N) is 4. The lowest BCUT2D eigenvalue weighted by Gasteiger charge is -2.36. The number of piperazine rings is 1. The molecule has 2 heterocycles. The Morgan fingerprint density at radius 1 is 1.24 bits per heavy atom. The van der Waals surface area contributed by atoms with Gasteiger partial charge in [-0.2, -0.15) is 0 Å². The molecule has 3 rings (SSSR count). The van der Waals surface area contributed by atoms with Crippen LogP contribution in [0.4, 0.5) is 5.13 Å². The van der Waals surface area contributed by atoms with Crippen LogP contribution in [0.2, 0.25) is 0 Å². The van der Waals surface area contributed by atoms with E-state index in [-0.39, 0.29) is 0 Å². The van der Waals surface area contributed by atoms with Crippen molar-refractivity contribution >= 4 is 22.4 Å². The Bertz CT molecular complexity index is 446. The molecule has 0 aromatic carbocycles. The molecule has 116 valence electrons. The molecule has 0 amide bonds. The van der Waals surface area contributed by atoms with E-state index in [1.165, 1.54) is 32.1 Å². The molecule has 1 aromatic rings. The largest absolute Gasteiger partial charge is 0.345 e. The highest BCUT2D eigenvalue weighted by atomic mass is 32.1. The fraction of sp³-hybridized carbons (Fsp3) is 0.714. The SMILES string of the molecule is NNC(=NC1CCCCC1)N1CCN(c2nccs2)CC1. The first kappa shape index (κ1) is 14.6. The van der Waals surface area contributed by atoms with E-state index in [2.05, 4.69) is 20.2 Å². The third kappa shape index (κ3) is 3.65. The van der Waals surface area contributed by atoms with Gasteiger partial charge in [-0.1, -0.05) is 19.3 Å². The van der Waals surface area contributed by atoms with E-state index in [0.717, 1.165) is 37.3 Å². The number of aromatic nitrogens is 1. The van der Waals surface area contributed by atoms with E-state index in [4.69, 9.17) is 10.8 Å². The molecule has 0 radical (unpaired) electrons. The number of thiazole rings is 1. The summed E-state index contributed by atoms with van der Waals surface area (Å²) in [6.45, 7) is 3.82. The van der Waals surface area contributed by atoms with Gasteiger partial charge in [0.05, 0.1) is 6.04 Å². The van der Waals surface area contributed by atoms with Crippen molar-refractivity contribution in [3.8, 4) is 0 Å². The number of hydrogen-bond donors (Lipinski definition) is 2. The van der Waals surface area contributed by atoms with Crippen molar-refractivity contribution in [2.45, 2.75) is 38.1 Å². The summed E-state index contributed by atoms with van der Waals surface area (Å²) in [5.41, 5.74) is 2.81. The molecule has 1 aliphatic carbocycles. The number of aliphatic imine (C=N–C) groups is 1. The van der Waals surface area contributed by atoms with Crippen molar-refractivity contribution in [2.75, 3.05) is 31.1 Å². The Balaban J connectivity index is 1.57. The molecule has 0 spiro atoms. The fourth-order valence-electron chi connectivity index (χ4n) is 3.07. The van der Waals surface area contributed by atoms with Crippen LogP contribution in [0.1, 0.15) is 32.1 Å². The van der Waals surface area contributed by atoms with Crippen LogP contribution >= 0.6 is 11.3 Å². The standard InChI is InChI=1S/C14H24N6S/c15-18-13(17-12-4-2-1-3-5-12)19-7-9-20(10-8-19)14-16-6-11-21-14/h6,11-12H,1-5,7-10,15H2,(H,17,18). The van der Waals surface area contributed by atoms with Crippen LogP contribution < -0.4 is 16.2 Å². The summed E-state index contributed by atoms with van der Waals surface area (Å²) >= 11 is 1.70. The zero-order valence-electron chi connectivity index (χ0n) is 12.4. The molecular weight excluding hydrogens is 284 g/mol. The predicted octanol–water partition coefficient (Wildman–Crippen LogP) is 1.42. The quantitative estimate of drug-likeness (QED) is 0.374. The highest BCUT2D eigenvalue weighted by molar-refractivity contribution is 7.13. The van der Waals surface area contributed by atoms with Gasteiger partial charge in [0.25, 0.3) is 0 Å². The minimum atomic E-state index is 0.446. The van der Waals surface area contributed by atoms with E-state index in [1.807, 2.05) is 11.6 Å². The van der Waals surface area contributed by atoms with Crippen LogP contribution in [0.5, 0.6) is 0 Å². The van der Waals surface area contributed by atoms with Crippen LogP contribution in [0, 0.1) is 0 Å². The highest BCUT2D eigenvalue weighted by Gasteiger charge is 2.22. The topological polar surface area (TPSA) is 69.8 Å². The smallest absolute Gasteiger partial charge is 0.208 e. The number of nitrogens with one attached hydrogen (secondary N) is 1. The molecule has 1 aliphatic heterocycles. The van der Waals surface area contributed by atoms with E-state index >= 15 is 0 Å². The van der Waals surface area contributed by atoms with E-state index in [0.29, 0.717) is 6.04 Å². The Morgan fingerprint density at radius 3 is 2.62 bits per heavy atom. The summed E-state index contributed by atoms with van der Waals surface area (Å²) in [5.74, 6) is 6.57. The van der Waals surface area contributed by atoms with Gasteiger partial charge in [-0.25, -0.2) is 15.8 Å². The summed E-state index contributed by atoms with van der Waals surface area (Å²) in [5, 5.41) is 3.14. The molecule has 6 nitrogen and oxygen atoms in total. The van der Waals surface area contributed by atoms with E-state index < -0.39 is 0 Å². The van der Waals surface area contributed by atoms with Gasteiger partial charge in [0.2, 0.25) is 5.96 Å². The molecule has 0 unspecified atom stereocenters. The number of anilines is 1. The third-order valence-corrected chi connectivity index (χ3v) is 5.11. The van der Waals surface area contributed by atoms with Crippen molar-refractivity contribution in [1.82, 2.24) is 15.3 Å². The van der Waals surface area contributed by atoms with Gasteiger partial charge in [-0.15, -0.1) is 11.3 Å². The average molecular weight is 308 g/mol. The molecule has 7 heteroatoms. The first-order chi connectivity index (χ1) is 10.4. The van der Waals surface area contributed by atoms with Crippen LogP contribution in [0.25, 0.3) is 0 Å². The van der Waals surface area contributed by atoms with Crippen molar-refractivity contribution in [2.24, 2.45) is 10.8 Å². The maximum Gasteiger partial charge on any atom is 0.208 e. The maximum absolute atomic E-state index is 5.70. The number of hydrogen-bond acceptors (Lipinski definition) is 5. The lowest BCUT2D eigenvalue weighted by atomic mass is 9.96. The molecule has 21 heavy (non-hydrogen) atoms. The lowest BCUT2D eigenvalue weighted by Crippen LogP contribution is -2.54. The fourth-order valence-corrected chi connectivity index (χ4v) is 3.77. The first-order valence-corrected chi connectivity index (χ1v) is 8.68. The zero-order chi connectivity index (χ0) is 14.5.